The Kier molecular flexibility index (Phi) is 9.32. The molecule has 3 nitrogen and oxygen atoms in total. The highest BCUT2D eigenvalue weighted by Crippen LogP contribution is 2.48. The van der Waals surface area contributed by atoms with Crippen molar-refractivity contribution in [3.05, 3.63) is 130 Å². The highest BCUT2D eigenvalue weighted by Gasteiger charge is 2.55. The first-order chi connectivity index (χ1) is 21.6. The number of carbonyl (C=O) groups excluding carboxylic acids is 1. The quantitative estimate of drug-likeness (QED) is 0.168. The van der Waals surface area contributed by atoms with Crippen molar-refractivity contribution in [3.8, 4) is 0 Å². The van der Waals surface area contributed by atoms with Crippen LogP contribution in [0.4, 0.5) is 0 Å². The molecular formula is C39H43Cl2NO2Si. The summed E-state index contributed by atoms with van der Waals surface area (Å²) >= 11 is 12.8. The van der Waals surface area contributed by atoms with Gasteiger partial charge in [0.25, 0.3) is 8.32 Å². The normalized spacial score (nSPS) is 23.6. The predicted octanol–water partition coefficient (Wildman–Crippen LogP) is 9.04. The van der Waals surface area contributed by atoms with Gasteiger partial charge in [-0.1, -0.05) is 136 Å². The Morgan fingerprint density at radius 1 is 0.778 bits per heavy atom. The van der Waals surface area contributed by atoms with Crippen molar-refractivity contribution in [1.82, 2.24) is 4.90 Å². The van der Waals surface area contributed by atoms with E-state index in [4.69, 9.17) is 27.6 Å². The second-order valence-corrected chi connectivity index (χ2v) is 19.1. The first-order valence-electron chi connectivity index (χ1n) is 16.2. The van der Waals surface area contributed by atoms with Crippen LogP contribution in [0.15, 0.2) is 109 Å². The largest absolute Gasteiger partial charge is 0.404 e. The number of rotatable bonds is 9. The fraction of sp³-hybridized carbons (Fsp3) is 0.359. The van der Waals surface area contributed by atoms with E-state index in [-0.39, 0.29) is 34.9 Å². The number of amides is 1. The van der Waals surface area contributed by atoms with Gasteiger partial charge in [-0.25, -0.2) is 0 Å². The minimum Gasteiger partial charge on any atom is -0.404 e. The molecule has 1 aliphatic heterocycles. The van der Waals surface area contributed by atoms with Crippen molar-refractivity contribution < 1.29 is 9.22 Å². The molecule has 1 amide bonds. The zero-order valence-electron chi connectivity index (χ0n) is 26.6. The van der Waals surface area contributed by atoms with E-state index in [1.165, 1.54) is 15.9 Å². The van der Waals surface area contributed by atoms with E-state index >= 15 is 0 Å². The van der Waals surface area contributed by atoms with Gasteiger partial charge in [0.05, 0.1) is 6.04 Å². The van der Waals surface area contributed by atoms with Gasteiger partial charge in [0.15, 0.2) is 0 Å². The maximum Gasteiger partial charge on any atom is 0.261 e. The molecule has 234 valence electrons. The number of hydrogen-bond donors (Lipinski definition) is 0. The molecule has 0 N–H and O–H groups in total. The van der Waals surface area contributed by atoms with Gasteiger partial charge in [-0.3, -0.25) is 4.79 Å². The third-order valence-electron chi connectivity index (χ3n) is 9.86. The number of nitrogens with zero attached hydrogens (tertiary/aromatic N) is 1. The molecular weight excluding hydrogens is 613 g/mol. The van der Waals surface area contributed by atoms with Gasteiger partial charge in [-0.05, 0) is 76.0 Å². The second kappa shape index (κ2) is 13.1. The summed E-state index contributed by atoms with van der Waals surface area (Å²) in [5.41, 5.74) is 2.28. The molecule has 4 aromatic carbocycles. The average molecular weight is 657 g/mol. The Bertz CT molecular complexity index is 1570. The van der Waals surface area contributed by atoms with Gasteiger partial charge >= 0.3 is 0 Å². The van der Waals surface area contributed by atoms with Crippen LogP contribution in [0.2, 0.25) is 15.1 Å². The first kappa shape index (κ1) is 32.1. The number of carbonyl (C=O) groups is 1. The fourth-order valence-corrected chi connectivity index (χ4v) is 12.6. The predicted molar refractivity (Wildman–Crippen MR) is 189 cm³/mol. The Morgan fingerprint density at radius 2 is 1.40 bits per heavy atom. The third-order valence-corrected chi connectivity index (χ3v) is 15.4. The molecule has 2 aliphatic rings. The van der Waals surface area contributed by atoms with Gasteiger partial charge in [0, 0.05) is 34.5 Å². The van der Waals surface area contributed by atoms with Crippen LogP contribution in [0.1, 0.15) is 70.0 Å². The number of benzene rings is 4. The number of likely N-dealkylation sites (tertiary alicyclic amines) is 1. The molecule has 0 radical (unpaired) electrons. The third kappa shape index (κ3) is 6.53. The first-order valence-corrected chi connectivity index (χ1v) is 18.8. The fourth-order valence-electron chi connectivity index (χ4n) is 7.52. The van der Waals surface area contributed by atoms with E-state index in [9.17, 15) is 4.79 Å². The average Bonchev–Trinajstić information content (AvgIpc) is 3.78. The lowest BCUT2D eigenvalue weighted by atomic mass is 9.76. The lowest BCUT2D eigenvalue weighted by Gasteiger charge is -2.45. The molecule has 6 rings (SSSR count). The van der Waals surface area contributed by atoms with Crippen LogP contribution in [0.5, 0.6) is 0 Å². The van der Waals surface area contributed by atoms with E-state index in [2.05, 4.69) is 118 Å². The molecule has 1 heterocycles. The van der Waals surface area contributed by atoms with Crippen LogP contribution >= 0.6 is 23.2 Å². The minimum atomic E-state index is -2.62. The summed E-state index contributed by atoms with van der Waals surface area (Å²) in [7, 11) is -2.62. The molecule has 0 spiro atoms. The lowest BCUT2D eigenvalue weighted by molar-refractivity contribution is -0.142. The van der Waals surface area contributed by atoms with E-state index < -0.39 is 8.32 Å². The Morgan fingerprint density at radius 3 is 1.98 bits per heavy atom. The van der Waals surface area contributed by atoms with Gasteiger partial charge in [-0.15, -0.1) is 0 Å². The van der Waals surface area contributed by atoms with E-state index in [1.807, 2.05) is 24.3 Å². The molecule has 0 bridgehead atoms. The highest BCUT2D eigenvalue weighted by molar-refractivity contribution is 6.99. The molecule has 5 unspecified atom stereocenters. The van der Waals surface area contributed by atoms with E-state index in [0.717, 1.165) is 29.8 Å². The van der Waals surface area contributed by atoms with Gasteiger partial charge in [0.2, 0.25) is 5.91 Å². The maximum atomic E-state index is 13.9. The summed E-state index contributed by atoms with van der Waals surface area (Å²) in [6.45, 7) is 9.75. The topological polar surface area (TPSA) is 29.5 Å². The summed E-state index contributed by atoms with van der Waals surface area (Å²) in [4.78, 5) is 16.1. The number of piperidine rings is 1. The Hall–Kier alpha value is -2.89. The van der Waals surface area contributed by atoms with Crippen LogP contribution in [0.25, 0.3) is 0 Å². The summed E-state index contributed by atoms with van der Waals surface area (Å²) in [6.07, 6.45) is 2.89. The summed E-state index contributed by atoms with van der Waals surface area (Å²) in [5.74, 6) is 0.701. The molecule has 2 fully saturated rings. The van der Waals surface area contributed by atoms with Gasteiger partial charge in [-0.2, -0.15) is 0 Å². The molecule has 0 aromatic heterocycles. The number of halogens is 2. The molecule has 4 aromatic rings. The van der Waals surface area contributed by atoms with Crippen LogP contribution in [0, 0.1) is 11.8 Å². The standard InChI is InChI=1S/C39H43Cl2NO2Si/c1-27-24-35(29-12-11-13-32(41)25-29)37(28-18-20-31(40)21-19-28)42(38(27)43)23-22-30-26-36(30)44-45(39(2,3)4,33-14-7-5-8-15-33)34-16-9-6-10-17-34/h5-21,25,27,30,35-37H,22-24,26H2,1-4H3. The van der Waals surface area contributed by atoms with Crippen molar-refractivity contribution in [2.75, 3.05) is 6.54 Å². The van der Waals surface area contributed by atoms with E-state index in [0.29, 0.717) is 17.5 Å². The Labute approximate surface area is 279 Å². The molecule has 1 aliphatic carbocycles. The minimum absolute atomic E-state index is 0.0645. The van der Waals surface area contributed by atoms with Crippen molar-refractivity contribution in [3.63, 3.8) is 0 Å². The Balaban J connectivity index is 1.27. The van der Waals surface area contributed by atoms with Crippen LogP contribution < -0.4 is 10.4 Å². The zero-order valence-corrected chi connectivity index (χ0v) is 29.1. The smallest absolute Gasteiger partial charge is 0.261 e. The molecule has 5 atom stereocenters. The lowest BCUT2D eigenvalue weighted by Crippen LogP contribution is -2.67. The van der Waals surface area contributed by atoms with Crippen molar-refractivity contribution in [2.45, 2.75) is 70.1 Å². The summed E-state index contributed by atoms with van der Waals surface area (Å²) in [6, 6.07) is 37.8. The van der Waals surface area contributed by atoms with Gasteiger partial charge < -0.3 is 9.33 Å². The maximum absolute atomic E-state index is 13.9. The van der Waals surface area contributed by atoms with Crippen LogP contribution in [0.3, 0.4) is 0 Å². The molecule has 6 heteroatoms. The SMILES string of the molecule is CC1CC(c2cccc(Cl)c2)C(c2ccc(Cl)cc2)N(CCC2CC2O[Si](c2ccccc2)(c2ccccc2)C(C)(C)C)C1=O. The van der Waals surface area contributed by atoms with Crippen LogP contribution in [-0.4, -0.2) is 31.8 Å². The number of hydrogen-bond acceptors (Lipinski definition) is 2. The van der Waals surface area contributed by atoms with Gasteiger partial charge in [0.1, 0.15) is 0 Å². The van der Waals surface area contributed by atoms with E-state index in [1.54, 1.807) is 0 Å². The monoisotopic (exact) mass is 655 g/mol. The second-order valence-electron chi connectivity index (χ2n) is 13.9. The summed E-state index contributed by atoms with van der Waals surface area (Å²) in [5, 5.41) is 3.97. The van der Waals surface area contributed by atoms with Crippen molar-refractivity contribution in [1.29, 1.82) is 0 Å². The van der Waals surface area contributed by atoms with Crippen molar-refractivity contribution >= 4 is 47.8 Å². The van der Waals surface area contributed by atoms with Crippen LogP contribution in [-0.2, 0) is 9.22 Å². The highest BCUT2D eigenvalue weighted by atomic mass is 35.5. The summed E-state index contributed by atoms with van der Waals surface area (Å²) < 4.78 is 7.42. The zero-order chi connectivity index (χ0) is 31.8. The molecule has 45 heavy (non-hydrogen) atoms. The van der Waals surface area contributed by atoms with Crippen molar-refractivity contribution in [2.24, 2.45) is 11.8 Å². The molecule has 1 saturated carbocycles. The molecule has 1 saturated heterocycles.